The van der Waals surface area contributed by atoms with Gasteiger partial charge >= 0.3 is 8.80 Å². The molecule has 0 amide bonds. The molecule has 27 heavy (non-hydrogen) atoms. The molecule has 0 saturated carbocycles. The average molecular weight is 500 g/mol. The highest BCUT2D eigenvalue weighted by Gasteiger charge is 2.46. The molecule has 0 aliphatic carbocycles. The van der Waals surface area contributed by atoms with Crippen LogP contribution in [0.2, 0.25) is 5.54 Å². The van der Waals surface area contributed by atoms with E-state index in [-0.39, 0.29) is 5.54 Å². The molecule has 0 aliphatic heterocycles. The monoisotopic (exact) mass is 499 g/mol. The van der Waals surface area contributed by atoms with Gasteiger partial charge in [0.15, 0.2) is 4.34 Å². The Morgan fingerprint density at radius 2 is 1.67 bits per heavy atom. The first-order valence-corrected chi connectivity index (χ1v) is 17.7. The largest absolute Gasteiger partial charge is 0.504 e. The first kappa shape index (κ1) is 24.2. The highest BCUT2D eigenvalue weighted by Crippen LogP contribution is 2.52. The summed E-state index contributed by atoms with van der Waals surface area (Å²) in [6.07, 6.45) is 0. The normalized spacial score (nSPS) is 13.3. The molecule has 0 radical (unpaired) electrons. The Bertz CT molecular complexity index is 626. The van der Waals surface area contributed by atoms with E-state index in [1.165, 1.54) is 4.70 Å². The number of hydrogen-bond acceptors (Lipinski definition) is 10. The molecular formula is C16H25NO3S6Si. The molecule has 152 valence electrons. The van der Waals surface area contributed by atoms with Crippen LogP contribution >= 0.6 is 62.4 Å². The number of hydrogen-bond donors (Lipinski definition) is 0. The maximum Gasteiger partial charge on any atom is 0.504 e. The minimum atomic E-state index is -2.60. The Balaban J connectivity index is 1.71. The fourth-order valence-electron chi connectivity index (χ4n) is 2.35. The van der Waals surface area contributed by atoms with Gasteiger partial charge in [0.05, 0.1) is 10.2 Å². The van der Waals surface area contributed by atoms with E-state index < -0.39 is 8.80 Å². The fraction of sp³-hybridized carbons (Fsp3) is 0.562. The van der Waals surface area contributed by atoms with Crippen LogP contribution in [0.3, 0.4) is 0 Å². The third-order valence-corrected chi connectivity index (χ3v) is 17.2. The van der Waals surface area contributed by atoms with E-state index in [2.05, 4.69) is 30.1 Å². The van der Waals surface area contributed by atoms with Gasteiger partial charge < -0.3 is 13.3 Å². The smallest absolute Gasteiger partial charge is 0.374 e. The second kappa shape index (κ2) is 13.3. The van der Waals surface area contributed by atoms with Gasteiger partial charge in [0.1, 0.15) is 0 Å². The van der Waals surface area contributed by atoms with Crippen LogP contribution in [0.5, 0.6) is 0 Å². The van der Waals surface area contributed by atoms with Crippen LogP contribution in [0.4, 0.5) is 0 Å². The lowest BCUT2D eigenvalue weighted by atomic mass is 10.3. The predicted molar refractivity (Wildman–Crippen MR) is 131 cm³/mol. The Labute approximate surface area is 186 Å². The molecule has 1 aromatic heterocycles. The van der Waals surface area contributed by atoms with E-state index in [9.17, 15) is 0 Å². The molecule has 4 nitrogen and oxygen atoms in total. The molecule has 2 rings (SSSR count). The van der Waals surface area contributed by atoms with Gasteiger partial charge in [0.2, 0.25) is 0 Å². The van der Waals surface area contributed by atoms with Crippen LogP contribution in [0.15, 0.2) is 28.6 Å². The van der Waals surface area contributed by atoms with Crippen molar-refractivity contribution in [1.29, 1.82) is 0 Å². The van der Waals surface area contributed by atoms with E-state index in [1.807, 2.05) is 37.6 Å². The quantitative estimate of drug-likeness (QED) is 0.150. The number of nitrogens with zero attached hydrogens (tertiary/aromatic N) is 1. The lowest BCUT2D eigenvalue weighted by Gasteiger charge is -2.33. The average Bonchev–Trinajstić information content (AvgIpc) is 3.07. The second-order valence-electron chi connectivity index (χ2n) is 5.32. The van der Waals surface area contributed by atoms with Crippen molar-refractivity contribution in [1.82, 2.24) is 4.98 Å². The molecule has 0 bridgehead atoms. The highest BCUT2D eigenvalue weighted by molar-refractivity contribution is 9.35. The van der Waals surface area contributed by atoms with Gasteiger partial charge in [0, 0.05) is 31.1 Å². The van der Waals surface area contributed by atoms with Crippen molar-refractivity contribution in [2.45, 2.75) is 37.6 Å². The summed E-state index contributed by atoms with van der Waals surface area (Å²) in [5.41, 5.74) is 1.34. The Morgan fingerprint density at radius 1 is 1.00 bits per heavy atom. The summed E-state index contributed by atoms with van der Waals surface area (Å²) in [7, 11) is 6.26. The first-order valence-electron chi connectivity index (χ1n) is 8.72. The van der Waals surface area contributed by atoms with Crippen LogP contribution in [-0.2, 0) is 13.3 Å². The van der Waals surface area contributed by atoms with Crippen LogP contribution < -0.4 is 0 Å². The number of aromatic nitrogens is 1. The summed E-state index contributed by atoms with van der Waals surface area (Å²) in [6.45, 7) is 10.0. The molecule has 1 heterocycles. The van der Waals surface area contributed by atoms with Gasteiger partial charge in [-0.2, -0.15) is 0 Å². The predicted octanol–water partition coefficient (Wildman–Crippen LogP) is 7.42. The van der Waals surface area contributed by atoms with E-state index in [0.717, 1.165) is 15.6 Å². The number of benzene rings is 1. The maximum atomic E-state index is 5.99. The minimum absolute atomic E-state index is 0.261. The van der Waals surface area contributed by atoms with Crippen LogP contribution in [0.25, 0.3) is 10.2 Å². The Kier molecular flexibility index (Phi) is 11.9. The SMILES string of the molecule is CCO[Si](OCC)(OCC)C(C)CSSSSSc1nc2ccccc2s1. The minimum Gasteiger partial charge on any atom is -0.374 e. The molecule has 2 aromatic rings. The van der Waals surface area contributed by atoms with E-state index >= 15 is 0 Å². The lowest BCUT2D eigenvalue weighted by molar-refractivity contribution is 0.0646. The molecular weight excluding hydrogens is 475 g/mol. The van der Waals surface area contributed by atoms with Crippen molar-refractivity contribution in [3.8, 4) is 0 Å². The van der Waals surface area contributed by atoms with E-state index in [1.54, 1.807) is 51.6 Å². The topological polar surface area (TPSA) is 40.6 Å². The van der Waals surface area contributed by atoms with Crippen molar-refractivity contribution in [2.24, 2.45) is 0 Å². The van der Waals surface area contributed by atoms with Crippen molar-refractivity contribution < 1.29 is 13.3 Å². The zero-order valence-electron chi connectivity index (χ0n) is 15.8. The fourth-order valence-corrected chi connectivity index (χ4v) is 16.2. The van der Waals surface area contributed by atoms with Crippen LogP contribution in [0, 0.1) is 0 Å². The summed E-state index contributed by atoms with van der Waals surface area (Å²) >= 11 is 1.74. The second-order valence-corrected chi connectivity index (χ2v) is 17.3. The maximum absolute atomic E-state index is 5.99. The summed E-state index contributed by atoms with van der Waals surface area (Å²) in [4.78, 5) is 4.64. The summed E-state index contributed by atoms with van der Waals surface area (Å²) in [5, 5.41) is 0. The van der Waals surface area contributed by atoms with Gasteiger partial charge in [-0.1, -0.05) is 29.9 Å². The van der Waals surface area contributed by atoms with Crippen molar-refractivity contribution in [2.75, 3.05) is 25.6 Å². The van der Waals surface area contributed by atoms with Crippen molar-refractivity contribution in [3.63, 3.8) is 0 Å². The molecule has 0 fully saturated rings. The number of fused-ring (bicyclic) bond motifs is 1. The molecule has 0 spiro atoms. The standard InChI is InChI=1S/C16H25NO3S6Si/c1-5-18-27(19-6-2,20-7-3)13(4)12-21-24-26-25-23-16-17-14-10-8-9-11-15(14)22-16/h8-11,13H,5-7,12H2,1-4H3. The van der Waals surface area contributed by atoms with Gasteiger partial charge in [-0.05, 0) is 73.2 Å². The highest BCUT2D eigenvalue weighted by atomic mass is 33.8. The molecule has 1 unspecified atom stereocenters. The van der Waals surface area contributed by atoms with E-state index in [0.29, 0.717) is 19.8 Å². The molecule has 1 atom stereocenters. The van der Waals surface area contributed by atoms with Gasteiger partial charge in [0.25, 0.3) is 0 Å². The summed E-state index contributed by atoms with van der Waals surface area (Å²) < 4.78 is 20.3. The van der Waals surface area contributed by atoms with Crippen LogP contribution in [0.1, 0.15) is 27.7 Å². The Hall–Kier alpha value is 0.957. The van der Waals surface area contributed by atoms with Crippen LogP contribution in [-0.4, -0.2) is 39.4 Å². The number of para-hydroxylation sites is 1. The molecule has 0 aliphatic rings. The zero-order valence-corrected chi connectivity index (χ0v) is 21.7. The van der Waals surface area contributed by atoms with Gasteiger partial charge in [-0.25, -0.2) is 4.98 Å². The number of thiazole rings is 1. The molecule has 0 N–H and O–H groups in total. The molecule has 11 heteroatoms. The lowest BCUT2D eigenvalue weighted by Crippen LogP contribution is -2.50. The first-order chi connectivity index (χ1) is 13.1. The number of rotatable bonds is 14. The van der Waals surface area contributed by atoms with Gasteiger partial charge in [-0.15, -0.1) is 11.3 Å². The van der Waals surface area contributed by atoms with E-state index in [4.69, 9.17) is 13.3 Å². The van der Waals surface area contributed by atoms with Gasteiger partial charge in [-0.3, -0.25) is 0 Å². The summed E-state index contributed by atoms with van der Waals surface area (Å²) in [6, 6.07) is 8.26. The Morgan fingerprint density at radius 3 is 2.30 bits per heavy atom. The third kappa shape index (κ3) is 7.61. The molecule has 0 saturated heterocycles. The zero-order chi connectivity index (χ0) is 19.5. The summed E-state index contributed by atoms with van der Waals surface area (Å²) in [5.74, 6) is 0.941. The van der Waals surface area contributed by atoms with Crippen molar-refractivity contribution >= 4 is 81.4 Å². The van der Waals surface area contributed by atoms with Crippen molar-refractivity contribution in [3.05, 3.63) is 24.3 Å². The third-order valence-electron chi connectivity index (χ3n) is 3.44. The molecule has 1 aromatic carbocycles.